The van der Waals surface area contributed by atoms with Gasteiger partial charge >= 0.3 is 0 Å². The fourth-order valence-electron chi connectivity index (χ4n) is 2.43. The molecule has 0 fully saturated rings. The average molecular weight is 277 g/mol. The number of aromatic hydroxyl groups is 1. The van der Waals surface area contributed by atoms with Crippen molar-refractivity contribution in [2.24, 2.45) is 5.92 Å². The molecule has 0 saturated carbocycles. The topological polar surface area (TPSA) is 40.5 Å². The number of rotatable bonds is 6. The van der Waals surface area contributed by atoms with E-state index in [0.29, 0.717) is 11.5 Å². The number of carbonyl (C=O) groups excluding carboxylic acids is 1. The Morgan fingerprint density at radius 3 is 2.30 bits per heavy atom. The van der Waals surface area contributed by atoms with Gasteiger partial charge in [-0.15, -0.1) is 0 Å². The molecule has 1 aromatic carbocycles. The third kappa shape index (κ3) is 3.99. The normalized spacial score (nSPS) is 11.2. The van der Waals surface area contributed by atoms with Gasteiger partial charge in [-0.05, 0) is 43.4 Å². The van der Waals surface area contributed by atoms with Crippen LogP contribution >= 0.6 is 0 Å². The Labute approximate surface area is 122 Å². The highest BCUT2D eigenvalue weighted by Gasteiger charge is 2.23. The average Bonchev–Trinajstić information content (AvgIpc) is 2.41. The highest BCUT2D eigenvalue weighted by Crippen LogP contribution is 2.21. The number of amides is 1. The van der Waals surface area contributed by atoms with Crippen molar-refractivity contribution in [3.63, 3.8) is 0 Å². The zero-order valence-electron chi connectivity index (χ0n) is 13.3. The second kappa shape index (κ2) is 7.32. The summed E-state index contributed by atoms with van der Waals surface area (Å²) in [5.41, 5.74) is 1.36. The molecule has 0 aliphatic rings. The first-order chi connectivity index (χ1) is 9.40. The van der Waals surface area contributed by atoms with Gasteiger partial charge in [-0.3, -0.25) is 4.79 Å². The lowest BCUT2D eigenvalue weighted by atomic mass is 10.0. The van der Waals surface area contributed by atoms with Crippen molar-refractivity contribution >= 4 is 5.91 Å². The molecular formula is C17H27NO2. The van der Waals surface area contributed by atoms with Crippen LogP contribution in [0.2, 0.25) is 0 Å². The lowest BCUT2D eigenvalue weighted by molar-refractivity contribution is 0.0640. The molecule has 0 aliphatic carbocycles. The maximum Gasteiger partial charge on any atom is 0.254 e. The summed E-state index contributed by atoms with van der Waals surface area (Å²) >= 11 is 0. The van der Waals surface area contributed by atoms with Crippen LogP contribution in [0.4, 0.5) is 0 Å². The molecule has 1 N–H and O–H groups in total. The highest BCUT2D eigenvalue weighted by molar-refractivity contribution is 5.95. The Morgan fingerprint density at radius 1 is 1.25 bits per heavy atom. The van der Waals surface area contributed by atoms with Crippen LogP contribution in [0.15, 0.2) is 18.2 Å². The molecule has 3 heteroatoms. The molecule has 1 amide bonds. The van der Waals surface area contributed by atoms with Crippen molar-refractivity contribution in [2.45, 2.75) is 53.5 Å². The fourth-order valence-corrected chi connectivity index (χ4v) is 2.43. The third-order valence-corrected chi connectivity index (χ3v) is 3.66. The summed E-state index contributed by atoms with van der Waals surface area (Å²) in [6, 6.07) is 5.43. The molecule has 0 aliphatic heterocycles. The van der Waals surface area contributed by atoms with Crippen LogP contribution in [-0.2, 0) is 0 Å². The standard InChI is InChI=1S/C17H27NO2/c1-6-15(7-2)18(11-12(3)4)17(20)14-9-8-13(5)16(19)10-14/h8-10,12,15,19H,6-7,11H2,1-5H3. The van der Waals surface area contributed by atoms with E-state index in [1.165, 1.54) is 0 Å². The second-order valence-corrected chi connectivity index (χ2v) is 5.82. The van der Waals surface area contributed by atoms with E-state index in [4.69, 9.17) is 0 Å². The Kier molecular flexibility index (Phi) is 6.05. The SMILES string of the molecule is CCC(CC)N(CC(C)C)C(=O)c1ccc(C)c(O)c1. The number of aryl methyl sites for hydroxylation is 1. The van der Waals surface area contributed by atoms with Crippen LogP contribution in [0, 0.1) is 12.8 Å². The van der Waals surface area contributed by atoms with Crippen LogP contribution in [0.3, 0.4) is 0 Å². The quantitative estimate of drug-likeness (QED) is 0.854. The van der Waals surface area contributed by atoms with E-state index >= 15 is 0 Å². The predicted molar refractivity (Wildman–Crippen MR) is 83.1 cm³/mol. The van der Waals surface area contributed by atoms with Crippen molar-refractivity contribution in [3.8, 4) is 5.75 Å². The van der Waals surface area contributed by atoms with Crippen LogP contribution in [0.25, 0.3) is 0 Å². The van der Waals surface area contributed by atoms with Crippen LogP contribution in [0.1, 0.15) is 56.5 Å². The maximum atomic E-state index is 12.7. The number of carbonyl (C=O) groups is 1. The van der Waals surface area contributed by atoms with Crippen LogP contribution in [0.5, 0.6) is 5.75 Å². The molecule has 0 heterocycles. The number of phenolic OH excluding ortho intramolecular Hbond substituents is 1. The van der Waals surface area contributed by atoms with Gasteiger partial charge in [0.25, 0.3) is 5.91 Å². The van der Waals surface area contributed by atoms with Crippen molar-refractivity contribution in [1.82, 2.24) is 4.90 Å². The summed E-state index contributed by atoms with van der Waals surface area (Å²) in [5, 5.41) is 9.79. The monoisotopic (exact) mass is 277 g/mol. The Balaban J connectivity index is 3.05. The molecule has 0 bridgehead atoms. The number of benzene rings is 1. The Bertz CT molecular complexity index is 450. The summed E-state index contributed by atoms with van der Waals surface area (Å²) < 4.78 is 0. The minimum absolute atomic E-state index is 0.0164. The molecule has 0 unspecified atom stereocenters. The van der Waals surface area contributed by atoms with Gasteiger partial charge in [0.15, 0.2) is 0 Å². The minimum Gasteiger partial charge on any atom is -0.508 e. The predicted octanol–water partition coefficient (Wildman–Crippen LogP) is 3.99. The van der Waals surface area contributed by atoms with Gasteiger partial charge in [0.2, 0.25) is 0 Å². The van der Waals surface area contributed by atoms with Crippen LogP contribution in [-0.4, -0.2) is 28.5 Å². The lowest BCUT2D eigenvalue weighted by Crippen LogP contribution is -2.42. The van der Waals surface area contributed by atoms with Crippen LogP contribution < -0.4 is 0 Å². The van der Waals surface area contributed by atoms with E-state index in [1.54, 1.807) is 18.2 Å². The van der Waals surface area contributed by atoms with Gasteiger partial charge in [0, 0.05) is 18.2 Å². The van der Waals surface area contributed by atoms with Gasteiger partial charge in [-0.2, -0.15) is 0 Å². The number of hydrogen-bond acceptors (Lipinski definition) is 2. The molecule has 0 aromatic heterocycles. The van der Waals surface area contributed by atoms with E-state index in [2.05, 4.69) is 27.7 Å². The summed E-state index contributed by atoms with van der Waals surface area (Å²) in [4.78, 5) is 14.7. The van der Waals surface area contributed by atoms with Gasteiger partial charge in [-0.25, -0.2) is 0 Å². The number of nitrogens with zero attached hydrogens (tertiary/aromatic N) is 1. The zero-order valence-corrected chi connectivity index (χ0v) is 13.3. The van der Waals surface area contributed by atoms with Crippen molar-refractivity contribution in [3.05, 3.63) is 29.3 Å². The molecule has 112 valence electrons. The fraction of sp³-hybridized carbons (Fsp3) is 0.588. The van der Waals surface area contributed by atoms with E-state index in [-0.39, 0.29) is 17.7 Å². The van der Waals surface area contributed by atoms with Gasteiger partial charge in [0.05, 0.1) is 0 Å². The summed E-state index contributed by atoms with van der Waals surface area (Å²) in [5.74, 6) is 0.631. The van der Waals surface area contributed by atoms with Crippen molar-refractivity contribution in [1.29, 1.82) is 0 Å². The molecule has 3 nitrogen and oxygen atoms in total. The zero-order chi connectivity index (χ0) is 15.3. The van der Waals surface area contributed by atoms with E-state index in [1.807, 2.05) is 11.8 Å². The number of hydrogen-bond donors (Lipinski definition) is 1. The second-order valence-electron chi connectivity index (χ2n) is 5.82. The largest absolute Gasteiger partial charge is 0.508 e. The summed E-state index contributed by atoms with van der Waals surface area (Å²) in [6.45, 7) is 11.0. The molecule has 0 atom stereocenters. The molecule has 0 saturated heterocycles. The Morgan fingerprint density at radius 2 is 1.85 bits per heavy atom. The smallest absolute Gasteiger partial charge is 0.254 e. The summed E-state index contributed by atoms with van der Waals surface area (Å²) in [7, 11) is 0. The van der Waals surface area contributed by atoms with Crippen molar-refractivity contribution < 1.29 is 9.90 Å². The van der Waals surface area contributed by atoms with E-state index in [9.17, 15) is 9.90 Å². The first-order valence-corrected chi connectivity index (χ1v) is 7.51. The maximum absolute atomic E-state index is 12.7. The molecule has 0 spiro atoms. The van der Waals surface area contributed by atoms with Gasteiger partial charge in [0.1, 0.15) is 5.75 Å². The van der Waals surface area contributed by atoms with Crippen molar-refractivity contribution in [2.75, 3.05) is 6.54 Å². The Hall–Kier alpha value is -1.51. The summed E-state index contributed by atoms with van der Waals surface area (Å²) in [6.07, 6.45) is 1.90. The lowest BCUT2D eigenvalue weighted by Gasteiger charge is -2.32. The van der Waals surface area contributed by atoms with E-state index < -0.39 is 0 Å². The van der Waals surface area contributed by atoms with Gasteiger partial charge < -0.3 is 10.0 Å². The molecule has 20 heavy (non-hydrogen) atoms. The molecule has 1 rings (SSSR count). The minimum atomic E-state index is 0.0164. The first-order valence-electron chi connectivity index (χ1n) is 7.51. The van der Waals surface area contributed by atoms with E-state index in [0.717, 1.165) is 24.9 Å². The molecule has 0 radical (unpaired) electrons. The van der Waals surface area contributed by atoms with Gasteiger partial charge in [-0.1, -0.05) is 33.8 Å². The first kappa shape index (κ1) is 16.5. The third-order valence-electron chi connectivity index (χ3n) is 3.66. The highest BCUT2D eigenvalue weighted by atomic mass is 16.3. The number of phenols is 1. The molecule has 1 aromatic rings. The molecular weight excluding hydrogens is 250 g/mol.